The molecule has 3 heterocycles. The molecule has 0 aromatic carbocycles. The Morgan fingerprint density at radius 1 is 1.39 bits per heavy atom. The average Bonchev–Trinajstić information content (AvgIpc) is 2.89. The van der Waals surface area contributed by atoms with Gasteiger partial charge in [0.05, 0.1) is 29.9 Å². The number of anilines is 2. The fourth-order valence-electron chi connectivity index (χ4n) is 2.67. The van der Waals surface area contributed by atoms with Crippen molar-refractivity contribution in [2.45, 2.75) is 19.4 Å². The molecule has 0 saturated carbocycles. The second-order valence-corrected chi connectivity index (χ2v) is 7.97. The van der Waals surface area contributed by atoms with Gasteiger partial charge in [0.15, 0.2) is 21.5 Å². The topological polar surface area (TPSA) is 79.8 Å². The molecule has 0 unspecified atom stereocenters. The Balaban J connectivity index is 1.78. The first-order chi connectivity index (χ1) is 10.9. The number of pyridine rings is 1. The van der Waals surface area contributed by atoms with E-state index in [1.54, 1.807) is 4.90 Å². The van der Waals surface area contributed by atoms with Gasteiger partial charge in [-0.1, -0.05) is 6.92 Å². The molecule has 1 amide bonds. The van der Waals surface area contributed by atoms with Gasteiger partial charge in [-0.3, -0.25) is 4.90 Å². The van der Waals surface area contributed by atoms with Gasteiger partial charge in [0.1, 0.15) is 6.10 Å². The fourth-order valence-corrected chi connectivity index (χ4v) is 3.87. The summed E-state index contributed by atoms with van der Waals surface area (Å²) in [6, 6.07) is 1.24. The van der Waals surface area contributed by atoms with Crippen LogP contribution in [0.25, 0.3) is 0 Å². The van der Waals surface area contributed by atoms with Crippen LogP contribution in [0.4, 0.5) is 20.7 Å². The predicted molar refractivity (Wildman–Crippen MR) is 83.0 cm³/mol. The minimum Gasteiger partial charge on any atom is -0.444 e. The van der Waals surface area contributed by atoms with Crippen LogP contribution in [0.1, 0.15) is 13.3 Å². The van der Waals surface area contributed by atoms with Crippen LogP contribution in [-0.4, -0.2) is 56.7 Å². The molecule has 23 heavy (non-hydrogen) atoms. The number of ether oxygens (including phenoxy) is 1. The largest absolute Gasteiger partial charge is 0.444 e. The molecule has 1 atom stereocenters. The van der Waals surface area contributed by atoms with Gasteiger partial charge < -0.3 is 9.64 Å². The zero-order valence-electron chi connectivity index (χ0n) is 12.7. The summed E-state index contributed by atoms with van der Waals surface area (Å²) in [4.78, 5) is 18.8. The lowest BCUT2D eigenvalue weighted by molar-refractivity contribution is 0.139. The third-order valence-electron chi connectivity index (χ3n) is 4.09. The molecule has 3 rings (SSSR count). The van der Waals surface area contributed by atoms with Crippen LogP contribution in [0, 0.1) is 5.82 Å². The highest BCUT2D eigenvalue weighted by molar-refractivity contribution is 7.91. The number of carbonyl (C=O) groups excluding carboxylic acids is 1. The quantitative estimate of drug-likeness (QED) is 0.820. The van der Waals surface area contributed by atoms with E-state index in [1.807, 2.05) is 6.92 Å². The van der Waals surface area contributed by atoms with Crippen LogP contribution in [0.5, 0.6) is 0 Å². The van der Waals surface area contributed by atoms with Gasteiger partial charge in [-0.05, 0) is 6.42 Å². The maximum atomic E-state index is 14.4. The molecule has 126 valence electrons. The highest BCUT2D eigenvalue weighted by Gasteiger charge is 2.32. The Morgan fingerprint density at radius 3 is 2.65 bits per heavy atom. The molecule has 0 bridgehead atoms. The monoisotopic (exact) mass is 343 g/mol. The van der Waals surface area contributed by atoms with Crippen molar-refractivity contribution in [3.63, 3.8) is 0 Å². The van der Waals surface area contributed by atoms with Crippen LogP contribution in [0.2, 0.25) is 0 Å². The molecule has 2 saturated heterocycles. The van der Waals surface area contributed by atoms with E-state index >= 15 is 0 Å². The normalized spacial score (nSPS) is 23.9. The van der Waals surface area contributed by atoms with Gasteiger partial charge in [-0.15, -0.1) is 0 Å². The third-order valence-corrected chi connectivity index (χ3v) is 5.70. The Hall–Kier alpha value is -1.90. The predicted octanol–water partition coefficient (Wildman–Crippen LogP) is 1.19. The van der Waals surface area contributed by atoms with E-state index in [0.717, 1.165) is 0 Å². The van der Waals surface area contributed by atoms with Crippen molar-refractivity contribution in [3.05, 3.63) is 18.1 Å². The molecule has 7 nitrogen and oxygen atoms in total. The summed E-state index contributed by atoms with van der Waals surface area (Å²) in [5.41, 5.74) is 0.344. The van der Waals surface area contributed by atoms with E-state index in [2.05, 4.69) is 4.98 Å². The van der Waals surface area contributed by atoms with Crippen LogP contribution in [0.15, 0.2) is 12.3 Å². The molecule has 2 aliphatic rings. The number of rotatable bonds is 3. The fraction of sp³-hybridized carbons (Fsp3) is 0.571. The summed E-state index contributed by atoms with van der Waals surface area (Å²) < 4.78 is 42.4. The molecule has 0 N–H and O–H groups in total. The number of carbonyl (C=O) groups is 1. The van der Waals surface area contributed by atoms with Crippen LogP contribution in [-0.2, 0) is 14.6 Å². The van der Waals surface area contributed by atoms with Gasteiger partial charge >= 0.3 is 6.09 Å². The first-order valence-corrected chi connectivity index (χ1v) is 9.31. The van der Waals surface area contributed by atoms with Crippen molar-refractivity contribution in [2.24, 2.45) is 0 Å². The second-order valence-electron chi connectivity index (χ2n) is 5.66. The Morgan fingerprint density at radius 2 is 2.09 bits per heavy atom. The first kappa shape index (κ1) is 16.0. The van der Waals surface area contributed by atoms with E-state index in [0.29, 0.717) is 18.7 Å². The lowest BCUT2D eigenvalue weighted by Crippen LogP contribution is -2.41. The maximum Gasteiger partial charge on any atom is 0.414 e. The maximum absolute atomic E-state index is 14.4. The smallest absolute Gasteiger partial charge is 0.414 e. The van der Waals surface area contributed by atoms with Gasteiger partial charge in [0, 0.05) is 19.2 Å². The zero-order valence-corrected chi connectivity index (χ0v) is 13.6. The summed E-state index contributed by atoms with van der Waals surface area (Å²) in [6.07, 6.45) is 1.41. The minimum absolute atomic E-state index is 0.00744. The molecule has 2 aliphatic heterocycles. The average molecular weight is 343 g/mol. The Labute approximate surface area is 134 Å². The summed E-state index contributed by atoms with van der Waals surface area (Å²) in [7, 11) is -3.04. The van der Waals surface area contributed by atoms with E-state index < -0.39 is 21.7 Å². The highest BCUT2D eigenvalue weighted by Crippen LogP contribution is 2.27. The van der Waals surface area contributed by atoms with E-state index in [4.69, 9.17) is 4.74 Å². The lowest BCUT2D eigenvalue weighted by Gasteiger charge is -2.28. The standard InChI is InChI=1S/C14H18FN3O4S/c1-2-11-9-18(14(19)22-11)10-7-12(15)13(16-8-10)17-3-5-23(20,21)6-4-17/h7-8,11H,2-6,9H2,1H3/t11-/m0/s1. The van der Waals surface area contributed by atoms with Crippen molar-refractivity contribution < 1.29 is 22.3 Å². The van der Waals surface area contributed by atoms with Crippen molar-refractivity contribution in [1.29, 1.82) is 0 Å². The van der Waals surface area contributed by atoms with Gasteiger partial charge in [0.25, 0.3) is 0 Å². The minimum atomic E-state index is -3.04. The number of sulfone groups is 1. The SMILES string of the molecule is CC[C@H]1CN(c2cnc(N3CCS(=O)(=O)CC3)c(F)c2)C(=O)O1. The first-order valence-electron chi connectivity index (χ1n) is 7.48. The number of hydrogen-bond acceptors (Lipinski definition) is 6. The Bertz CT molecular complexity index is 711. The van der Waals surface area contributed by atoms with E-state index in [-0.39, 0.29) is 36.5 Å². The molecule has 2 fully saturated rings. The van der Waals surface area contributed by atoms with Crippen molar-refractivity contribution in [1.82, 2.24) is 4.98 Å². The molecule has 9 heteroatoms. The van der Waals surface area contributed by atoms with Gasteiger partial charge in [-0.2, -0.15) is 0 Å². The number of cyclic esters (lactones) is 1. The molecule has 1 aromatic heterocycles. The van der Waals surface area contributed by atoms with Crippen molar-refractivity contribution in [3.8, 4) is 0 Å². The van der Waals surface area contributed by atoms with Gasteiger partial charge in [0.2, 0.25) is 0 Å². The van der Waals surface area contributed by atoms with E-state index in [9.17, 15) is 17.6 Å². The van der Waals surface area contributed by atoms with E-state index in [1.165, 1.54) is 17.2 Å². The molecule has 0 radical (unpaired) electrons. The van der Waals surface area contributed by atoms with Crippen molar-refractivity contribution in [2.75, 3.05) is 40.9 Å². The number of halogens is 1. The van der Waals surface area contributed by atoms with Crippen LogP contribution in [0.3, 0.4) is 0 Å². The summed E-state index contributed by atoms with van der Waals surface area (Å²) in [5, 5.41) is 0. The van der Waals surface area contributed by atoms with Crippen LogP contribution >= 0.6 is 0 Å². The molecule has 1 aromatic rings. The summed E-state index contributed by atoms with van der Waals surface area (Å²) in [5.74, 6) is -0.475. The summed E-state index contributed by atoms with van der Waals surface area (Å²) >= 11 is 0. The number of aromatic nitrogens is 1. The molecule has 0 spiro atoms. The van der Waals surface area contributed by atoms with Gasteiger partial charge in [-0.25, -0.2) is 22.6 Å². The molecule has 0 aliphatic carbocycles. The summed E-state index contributed by atoms with van der Waals surface area (Å²) in [6.45, 7) is 2.72. The molecular weight excluding hydrogens is 325 g/mol. The third kappa shape index (κ3) is 3.24. The Kier molecular flexibility index (Phi) is 4.13. The lowest BCUT2D eigenvalue weighted by atomic mass is 10.2. The molecular formula is C14H18FN3O4S. The van der Waals surface area contributed by atoms with Crippen LogP contribution < -0.4 is 9.80 Å². The number of hydrogen-bond donors (Lipinski definition) is 0. The second kappa shape index (κ2) is 5.95. The number of amides is 1. The zero-order chi connectivity index (χ0) is 16.6. The van der Waals surface area contributed by atoms with Crippen molar-refractivity contribution >= 4 is 27.4 Å². The number of nitrogens with zero attached hydrogens (tertiary/aromatic N) is 3. The highest BCUT2D eigenvalue weighted by atomic mass is 32.2.